The molecule has 2 heterocycles. The van der Waals surface area contributed by atoms with Crippen LogP contribution in [0, 0.1) is 13.8 Å². The molecular formula is C31H39N3O2. The second-order valence-corrected chi connectivity index (χ2v) is 10.4. The number of ether oxygens (including phenoxy) is 1. The fourth-order valence-electron chi connectivity index (χ4n) is 4.96. The van der Waals surface area contributed by atoms with Crippen molar-refractivity contribution >= 4 is 23.2 Å². The number of benzene rings is 2. The molecule has 2 N–H and O–H groups in total. The minimum Gasteiger partial charge on any atom is -0.493 e. The van der Waals surface area contributed by atoms with E-state index in [0.29, 0.717) is 18.1 Å². The van der Waals surface area contributed by atoms with Crippen LogP contribution < -0.4 is 10.1 Å². The summed E-state index contributed by atoms with van der Waals surface area (Å²) >= 11 is 0. The van der Waals surface area contributed by atoms with E-state index in [0.717, 1.165) is 54.1 Å². The lowest BCUT2D eigenvalue weighted by atomic mass is 9.96. The molecule has 0 spiro atoms. The van der Waals surface area contributed by atoms with Gasteiger partial charge in [0.25, 0.3) is 5.91 Å². The first-order chi connectivity index (χ1) is 17.2. The molecule has 0 atom stereocenters. The van der Waals surface area contributed by atoms with Gasteiger partial charge in [-0.25, -0.2) is 0 Å². The number of amides is 1. The summed E-state index contributed by atoms with van der Waals surface area (Å²) in [5.41, 5.74) is 9.74. The monoisotopic (exact) mass is 485 g/mol. The lowest BCUT2D eigenvalue weighted by molar-refractivity contribution is -0.110. The molecule has 190 valence electrons. The van der Waals surface area contributed by atoms with Gasteiger partial charge in [0, 0.05) is 29.1 Å². The number of aromatic nitrogens is 1. The number of carbonyl (C=O) groups is 1. The molecule has 1 amide bonds. The molecule has 3 aromatic rings. The van der Waals surface area contributed by atoms with Crippen LogP contribution in [0.1, 0.15) is 65.4 Å². The molecule has 1 aliphatic rings. The van der Waals surface area contributed by atoms with Crippen LogP contribution in [0.2, 0.25) is 0 Å². The highest BCUT2D eigenvalue weighted by Crippen LogP contribution is 2.37. The maximum absolute atomic E-state index is 13.0. The quantitative estimate of drug-likeness (QED) is 0.328. The first-order valence-corrected chi connectivity index (χ1v) is 13.0. The van der Waals surface area contributed by atoms with Crippen molar-refractivity contribution in [3.8, 4) is 5.75 Å². The Morgan fingerprint density at radius 1 is 1.06 bits per heavy atom. The zero-order chi connectivity index (χ0) is 25.8. The van der Waals surface area contributed by atoms with Gasteiger partial charge in [-0.2, -0.15) is 0 Å². The van der Waals surface area contributed by atoms with Gasteiger partial charge >= 0.3 is 0 Å². The van der Waals surface area contributed by atoms with Crippen molar-refractivity contribution in [2.75, 3.05) is 32.6 Å². The number of hydrogen-bond acceptors (Lipinski definition) is 3. The SMILES string of the molecule is Cc1[nH]c(C=C2C(=O)Nc3cccc(CCOc4cccc(C(C)C)c4)c32)c(C)c1CCCN(C)C. The van der Waals surface area contributed by atoms with Gasteiger partial charge in [0.15, 0.2) is 0 Å². The molecule has 0 fully saturated rings. The molecule has 0 saturated carbocycles. The second-order valence-electron chi connectivity index (χ2n) is 10.4. The number of nitrogens with one attached hydrogen (secondary N) is 2. The van der Waals surface area contributed by atoms with Crippen molar-refractivity contribution in [1.29, 1.82) is 0 Å². The zero-order valence-corrected chi connectivity index (χ0v) is 22.5. The first-order valence-electron chi connectivity index (χ1n) is 13.0. The van der Waals surface area contributed by atoms with E-state index < -0.39 is 0 Å². The molecule has 0 aliphatic carbocycles. The molecule has 4 rings (SSSR count). The Bertz CT molecular complexity index is 1270. The number of aromatic amines is 1. The molecule has 5 nitrogen and oxygen atoms in total. The Morgan fingerprint density at radius 2 is 1.83 bits per heavy atom. The van der Waals surface area contributed by atoms with Gasteiger partial charge in [0.1, 0.15) is 5.75 Å². The van der Waals surface area contributed by atoms with E-state index in [1.807, 2.05) is 30.3 Å². The minimum atomic E-state index is -0.0520. The van der Waals surface area contributed by atoms with Crippen LogP contribution >= 0.6 is 0 Å². The summed E-state index contributed by atoms with van der Waals surface area (Å²) in [7, 11) is 4.21. The van der Waals surface area contributed by atoms with E-state index in [2.05, 4.69) is 75.2 Å². The fourth-order valence-corrected chi connectivity index (χ4v) is 4.96. The third-order valence-corrected chi connectivity index (χ3v) is 7.03. The van der Waals surface area contributed by atoms with Crippen molar-refractivity contribution in [2.45, 2.75) is 52.9 Å². The van der Waals surface area contributed by atoms with Crippen LogP contribution in [0.25, 0.3) is 11.6 Å². The molecule has 5 heteroatoms. The Hall–Kier alpha value is -3.31. The molecule has 0 bridgehead atoms. The topological polar surface area (TPSA) is 57.4 Å². The standard InChI is InChI=1S/C31H39N3O2/c1-20(2)24-11-7-12-25(18-24)36-17-15-23-10-8-14-28-30(23)27(31(35)33-28)19-29-21(3)26(22(4)32-29)13-9-16-34(5)6/h7-8,10-12,14,18-20,32H,9,13,15-17H2,1-6H3,(H,33,35). The maximum Gasteiger partial charge on any atom is 0.256 e. The minimum absolute atomic E-state index is 0.0520. The molecule has 2 aromatic carbocycles. The molecule has 0 saturated heterocycles. The summed E-state index contributed by atoms with van der Waals surface area (Å²) in [5.74, 6) is 1.30. The van der Waals surface area contributed by atoms with Gasteiger partial charge in [0.2, 0.25) is 0 Å². The molecular weight excluding hydrogens is 446 g/mol. The van der Waals surface area contributed by atoms with Crippen LogP contribution in [0.15, 0.2) is 42.5 Å². The Balaban J connectivity index is 1.55. The molecule has 1 aliphatic heterocycles. The van der Waals surface area contributed by atoms with Crippen LogP contribution in [-0.4, -0.2) is 43.0 Å². The number of nitrogens with zero attached hydrogens (tertiary/aromatic N) is 1. The number of carbonyl (C=O) groups excluding carboxylic acids is 1. The van der Waals surface area contributed by atoms with E-state index in [1.165, 1.54) is 22.4 Å². The predicted molar refractivity (Wildman–Crippen MR) is 150 cm³/mol. The Morgan fingerprint density at radius 3 is 2.58 bits per heavy atom. The highest BCUT2D eigenvalue weighted by molar-refractivity contribution is 6.35. The summed E-state index contributed by atoms with van der Waals surface area (Å²) < 4.78 is 6.10. The summed E-state index contributed by atoms with van der Waals surface area (Å²) in [4.78, 5) is 18.8. The second kappa shape index (κ2) is 11.2. The number of H-pyrrole nitrogens is 1. The van der Waals surface area contributed by atoms with Gasteiger partial charge in [-0.3, -0.25) is 4.79 Å². The number of hydrogen-bond donors (Lipinski definition) is 2. The first kappa shape index (κ1) is 25.8. The highest BCUT2D eigenvalue weighted by Gasteiger charge is 2.27. The van der Waals surface area contributed by atoms with Gasteiger partial charge in [-0.1, -0.05) is 38.1 Å². The third-order valence-electron chi connectivity index (χ3n) is 7.03. The third kappa shape index (κ3) is 5.73. The summed E-state index contributed by atoms with van der Waals surface area (Å²) in [6.07, 6.45) is 4.88. The summed E-state index contributed by atoms with van der Waals surface area (Å²) in [5, 5.41) is 3.06. The Labute approximate surface area is 215 Å². The van der Waals surface area contributed by atoms with E-state index in [9.17, 15) is 4.79 Å². The normalized spacial score (nSPS) is 14.1. The highest BCUT2D eigenvalue weighted by atomic mass is 16.5. The smallest absolute Gasteiger partial charge is 0.256 e. The van der Waals surface area contributed by atoms with Crippen LogP contribution in [0.4, 0.5) is 5.69 Å². The van der Waals surface area contributed by atoms with Crippen LogP contribution in [0.5, 0.6) is 5.75 Å². The van der Waals surface area contributed by atoms with Crippen molar-refractivity contribution < 1.29 is 9.53 Å². The molecule has 0 unspecified atom stereocenters. The number of rotatable bonds is 10. The van der Waals surface area contributed by atoms with Crippen LogP contribution in [0.3, 0.4) is 0 Å². The lowest BCUT2D eigenvalue weighted by Crippen LogP contribution is -2.13. The predicted octanol–water partition coefficient (Wildman–Crippen LogP) is 6.36. The van der Waals surface area contributed by atoms with Crippen molar-refractivity contribution in [3.05, 3.63) is 81.7 Å². The van der Waals surface area contributed by atoms with Gasteiger partial charge in [-0.15, -0.1) is 0 Å². The average Bonchev–Trinajstić information content (AvgIpc) is 3.30. The molecule has 36 heavy (non-hydrogen) atoms. The largest absolute Gasteiger partial charge is 0.493 e. The van der Waals surface area contributed by atoms with E-state index >= 15 is 0 Å². The van der Waals surface area contributed by atoms with E-state index in [1.54, 1.807) is 0 Å². The van der Waals surface area contributed by atoms with E-state index in [-0.39, 0.29) is 5.91 Å². The van der Waals surface area contributed by atoms with Gasteiger partial charge < -0.3 is 19.9 Å². The summed E-state index contributed by atoms with van der Waals surface area (Å²) in [6, 6.07) is 14.4. The van der Waals surface area contributed by atoms with Crippen LogP contribution in [-0.2, 0) is 17.6 Å². The maximum atomic E-state index is 13.0. The van der Waals surface area contributed by atoms with Crippen molar-refractivity contribution in [2.24, 2.45) is 0 Å². The number of anilines is 1. The van der Waals surface area contributed by atoms with E-state index in [4.69, 9.17) is 4.74 Å². The fraction of sp³-hybridized carbons (Fsp3) is 0.387. The van der Waals surface area contributed by atoms with Gasteiger partial charge in [0.05, 0.1) is 12.2 Å². The van der Waals surface area contributed by atoms with Gasteiger partial charge in [-0.05, 0) is 99.8 Å². The lowest BCUT2D eigenvalue weighted by Gasteiger charge is -2.12. The molecule has 1 aromatic heterocycles. The average molecular weight is 486 g/mol. The zero-order valence-electron chi connectivity index (χ0n) is 22.5. The molecule has 0 radical (unpaired) electrons. The number of fused-ring (bicyclic) bond motifs is 1. The number of aryl methyl sites for hydroxylation is 1. The van der Waals surface area contributed by atoms with Crippen molar-refractivity contribution in [3.63, 3.8) is 0 Å². The summed E-state index contributed by atoms with van der Waals surface area (Å²) in [6.45, 7) is 10.3. The van der Waals surface area contributed by atoms with Crippen molar-refractivity contribution in [1.82, 2.24) is 9.88 Å². The Kier molecular flexibility index (Phi) is 8.00.